The van der Waals surface area contributed by atoms with Gasteiger partial charge in [0.25, 0.3) is 0 Å². The fraction of sp³-hybridized carbons (Fsp3) is 0.538. The first-order valence-electron chi connectivity index (χ1n) is 6.59. The second kappa shape index (κ2) is 5.64. The van der Waals surface area contributed by atoms with E-state index < -0.39 is 0 Å². The summed E-state index contributed by atoms with van der Waals surface area (Å²) >= 11 is 3.15. The molecule has 1 aliphatic carbocycles. The van der Waals surface area contributed by atoms with Gasteiger partial charge in [-0.25, -0.2) is 9.97 Å². The van der Waals surface area contributed by atoms with Crippen molar-refractivity contribution in [1.29, 1.82) is 0 Å². The quantitative estimate of drug-likeness (QED) is 0.658. The molecule has 2 heterocycles. The Morgan fingerprint density at radius 1 is 1.26 bits per heavy atom. The molecule has 2 atom stereocenters. The van der Waals surface area contributed by atoms with Crippen molar-refractivity contribution in [2.24, 2.45) is 0 Å². The molecular formula is C13H17N3OS2. The second-order valence-electron chi connectivity index (χ2n) is 4.89. The molecule has 3 rings (SSSR count). The van der Waals surface area contributed by atoms with E-state index in [1.807, 2.05) is 11.4 Å². The number of hydrogen-bond acceptors (Lipinski definition) is 6. The minimum atomic E-state index is -0.253. The minimum absolute atomic E-state index is 0.194. The number of nitrogens with zero attached hydrogens (tertiary/aromatic N) is 2. The normalized spacial score (nSPS) is 24.5. The highest BCUT2D eigenvalue weighted by atomic mass is 32.2. The summed E-state index contributed by atoms with van der Waals surface area (Å²) in [6.07, 6.45) is 5.15. The molecule has 2 unspecified atom stereocenters. The summed E-state index contributed by atoms with van der Waals surface area (Å²) in [7, 11) is 0. The first-order valence-corrected chi connectivity index (χ1v) is 8.35. The first kappa shape index (κ1) is 13.1. The van der Waals surface area contributed by atoms with E-state index in [-0.39, 0.29) is 11.4 Å². The van der Waals surface area contributed by atoms with Crippen LogP contribution in [0.3, 0.4) is 0 Å². The topological polar surface area (TPSA) is 72.0 Å². The molecule has 0 radical (unpaired) electrons. The largest absolute Gasteiger partial charge is 0.392 e. The molecule has 19 heavy (non-hydrogen) atoms. The monoisotopic (exact) mass is 295 g/mol. The Balaban J connectivity index is 1.83. The zero-order chi connectivity index (χ0) is 13.2. The number of anilines is 1. The summed E-state index contributed by atoms with van der Waals surface area (Å²) in [6, 6.07) is 1.95. The Morgan fingerprint density at radius 2 is 2.11 bits per heavy atom. The van der Waals surface area contributed by atoms with Crippen LogP contribution >= 0.6 is 23.1 Å². The maximum Gasteiger partial charge on any atom is 0.191 e. The molecule has 0 aliphatic heterocycles. The van der Waals surface area contributed by atoms with Crippen molar-refractivity contribution in [1.82, 2.24) is 9.97 Å². The third-order valence-corrected chi connectivity index (χ3v) is 5.56. The van der Waals surface area contributed by atoms with E-state index in [2.05, 4.69) is 9.97 Å². The number of hydrogen-bond donors (Lipinski definition) is 2. The number of fused-ring (bicyclic) bond motifs is 1. The molecule has 6 heteroatoms. The van der Waals surface area contributed by atoms with Crippen LogP contribution in [0.1, 0.15) is 32.1 Å². The van der Waals surface area contributed by atoms with E-state index in [1.54, 1.807) is 23.1 Å². The van der Waals surface area contributed by atoms with Crippen LogP contribution in [-0.2, 0) is 0 Å². The molecule has 4 nitrogen and oxygen atoms in total. The van der Waals surface area contributed by atoms with Crippen LogP contribution in [0, 0.1) is 0 Å². The fourth-order valence-corrected chi connectivity index (χ4v) is 4.41. The molecule has 102 valence electrons. The van der Waals surface area contributed by atoms with Gasteiger partial charge >= 0.3 is 0 Å². The van der Waals surface area contributed by atoms with Crippen molar-refractivity contribution in [2.75, 3.05) is 5.73 Å². The number of aliphatic hydroxyl groups is 1. The first-order chi connectivity index (χ1) is 9.24. The number of thiophene rings is 1. The SMILES string of the molecule is Nc1nc(SC2CCCCCC2O)nc2sccc12. The molecule has 3 N–H and O–H groups in total. The van der Waals surface area contributed by atoms with Gasteiger partial charge in [0.1, 0.15) is 10.6 Å². The summed E-state index contributed by atoms with van der Waals surface area (Å²) in [5.41, 5.74) is 5.95. The number of nitrogen functional groups attached to an aromatic ring is 1. The van der Waals surface area contributed by atoms with Crippen LogP contribution in [0.25, 0.3) is 10.2 Å². The van der Waals surface area contributed by atoms with Crippen LogP contribution in [0.15, 0.2) is 16.6 Å². The van der Waals surface area contributed by atoms with Gasteiger partial charge in [-0.15, -0.1) is 11.3 Å². The lowest BCUT2D eigenvalue weighted by Crippen LogP contribution is -2.21. The highest BCUT2D eigenvalue weighted by Gasteiger charge is 2.24. The summed E-state index contributed by atoms with van der Waals surface area (Å²) in [4.78, 5) is 9.82. The Hall–Kier alpha value is -0.850. The average Bonchev–Trinajstić information content (AvgIpc) is 2.77. The van der Waals surface area contributed by atoms with Gasteiger partial charge in [0.2, 0.25) is 0 Å². The Morgan fingerprint density at radius 3 is 3.00 bits per heavy atom. The molecule has 0 aromatic carbocycles. The summed E-state index contributed by atoms with van der Waals surface area (Å²) in [5.74, 6) is 0.539. The minimum Gasteiger partial charge on any atom is -0.392 e. The zero-order valence-electron chi connectivity index (χ0n) is 10.6. The van der Waals surface area contributed by atoms with Crippen molar-refractivity contribution in [3.8, 4) is 0 Å². The number of nitrogens with two attached hydrogens (primary N) is 1. The Kier molecular flexibility index (Phi) is 3.91. The lowest BCUT2D eigenvalue weighted by molar-refractivity contribution is 0.163. The van der Waals surface area contributed by atoms with Gasteiger partial charge in [-0.05, 0) is 24.3 Å². The Bertz CT molecular complexity index is 572. The van der Waals surface area contributed by atoms with Crippen LogP contribution in [0.5, 0.6) is 0 Å². The molecule has 0 amide bonds. The number of rotatable bonds is 2. The van der Waals surface area contributed by atoms with Crippen molar-refractivity contribution >= 4 is 39.1 Å². The van der Waals surface area contributed by atoms with Crippen molar-refractivity contribution in [3.05, 3.63) is 11.4 Å². The van der Waals surface area contributed by atoms with Gasteiger partial charge in [-0.1, -0.05) is 31.0 Å². The predicted molar refractivity (Wildman–Crippen MR) is 80.6 cm³/mol. The van der Waals surface area contributed by atoms with Crippen LogP contribution in [-0.4, -0.2) is 26.4 Å². The predicted octanol–water partition coefficient (Wildman–Crippen LogP) is 3.06. The number of aliphatic hydroxyl groups excluding tert-OH is 1. The fourth-order valence-electron chi connectivity index (χ4n) is 2.44. The van der Waals surface area contributed by atoms with Gasteiger partial charge in [0.15, 0.2) is 5.16 Å². The molecule has 1 saturated carbocycles. The van der Waals surface area contributed by atoms with Crippen LogP contribution in [0.4, 0.5) is 5.82 Å². The molecule has 1 fully saturated rings. The lowest BCUT2D eigenvalue weighted by atomic mass is 10.1. The van der Waals surface area contributed by atoms with Crippen molar-refractivity contribution in [3.63, 3.8) is 0 Å². The van der Waals surface area contributed by atoms with Crippen molar-refractivity contribution < 1.29 is 5.11 Å². The van der Waals surface area contributed by atoms with Gasteiger partial charge in [-0.3, -0.25) is 0 Å². The average molecular weight is 295 g/mol. The van der Waals surface area contributed by atoms with E-state index in [1.165, 1.54) is 12.8 Å². The smallest absolute Gasteiger partial charge is 0.191 e. The molecule has 0 saturated heterocycles. The van der Waals surface area contributed by atoms with Gasteiger partial charge < -0.3 is 10.8 Å². The lowest BCUT2D eigenvalue weighted by Gasteiger charge is -2.18. The number of thioether (sulfide) groups is 1. The third kappa shape index (κ3) is 2.85. The molecule has 2 aromatic rings. The standard InChI is InChI=1S/C13H17N3OS2/c14-11-8-6-7-18-12(8)16-13(15-11)19-10-5-3-1-2-4-9(10)17/h6-7,9-10,17H,1-5H2,(H2,14,15,16). The molecular weight excluding hydrogens is 278 g/mol. The van der Waals surface area contributed by atoms with Crippen molar-refractivity contribution in [2.45, 2.75) is 48.6 Å². The van der Waals surface area contributed by atoms with E-state index in [9.17, 15) is 5.11 Å². The molecule has 2 aromatic heterocycles. The van der Waals surface area contributed by atoms with E-state index >= 15 is 0 Å². The molecule has 1 aliphatic rings. The highest BCUT2D eigenvalue weighted by Crippen LogP contribution is 2.33. The van der Waals surface area contributed by atoms with E-state index in [4.69, 9.17) is 5.73 Å². The summed E-state index contributed by atoms with van der Waals surface area (Å²) in [6.45, 7) is 0. The van der Waals surface area contributed by atoms with Gasteiger partial charge in [0.05, 0.1) is 11.5 Å². The second-order valence-corrected chi connectivity index (χ2v) is 6.99. The van der Waals surface area contributed by atoms with Crippen LogP contribution in [0.2, 0.25) is 0 Å². The van der Waals surface area contributed by atoms with E-state index in [0.717, 1.165) is 29.5 Å². The molecule has 0 bridgehead atoms. The van der Waals surface area contributed by atoms with Gasteiger partial charge in [-0.2, -0.15) is 0 Å². The maximum absolute atomic E-state index is 10.1. The van der Waals surface area contributed by atoms with Crippen LogP contribution < -0.4 is 5.73 Å². The number of aromatic nitrogens is 2. The highest BCUT2D eigenvalue weighted by molar-refractivity contribution is 7.99. The Labute approximate surface area is 120 Å². The van der Waals surface area contributed by atoms with E-state index in [0.29, 0.717) is 11.0 Å². The maximum atomic E-state index is 10.1. The third-order valence-electron chi connectivity index (χ3n) is 3.51. The molecule has 0 spiro atoms. The summed E-state index contributed by atoms with van der Waals surface area (Å²) in [5, 5.41) is 13.9. The summed E-state index contributed by atoms with van der Waals surface area (Å²) < 4.78 is 0. The zero-order valence-corrected chi connectivity index (χ0v) is 12.2. The van der Waals surface area contributed by atoms with Gasteiger partial charge in [0, 0.05) is 5.25 Å².